The first kappa shape index (κ1) is 26.8. The summed E-state index contributed by atoms with van der Waals surface area (Å²) in [6.45, 7) is 2.42. The Morgan fingerprint density at radius 2 is 1.79 bits per heavy atom. The molecule has 6 atom stereocenters. The number of carbonyl (C=O) groups is 3. The van der Waals surface area contributed by atoms with Gasteiger partial charge in [0.1, 0.15) is 6.04 Å². The maximum absolute atomic E-state index is 14.3. The fraction of sp³-hybridized carbons (Fsp3) is 0.500. The lowest BCUT2D eigenvalue weighted by atomic mass is 9.70. The SMILES string of the molecule is CCCCCNC(=O)C1N([C@@H](CO)Cc2ccccc2)C(=O)[C@@H]2[C@@H](C(=O)Nc3ccccc3)[C@H]3CCC12S3. The third kappa shape index (κ3) is 4.84. The van der Waals surface area contributed by atoms with Gasteiger partial charge in [0.05, 0.1) is 29.2 Å². The third-order valence-corrected chi connectivity index (χ3v) is 10.3. The first-order chi connectivity index (χ1) is 18.5. The zero-order valence-electron chi connectivity index (χ0n) is 21.8. The molecule has 3 fully saturated rings. The standard InChI is InChI=1S/C30H37N3O4S/c1-2-3-10-17-31-28(36)26-30-16-15-23(38-30)24(27(35)32-21-13-8-5-9-14-21)25(30)29(37)33(26)22(19-34)18-20-11-6-4-7-12-20/h4-9,11-14,22-26,34H,2-3,10,15-19H2,1H3,(H,31,36)(H,32,35)/t22-,23-,24+,25+,26?,30?/m1/s1. The molecule has 0 radical (unpaired) electrons. The zero-order valence-corrected chi connectivity index (χ0v) is 22.7. The van der Waals surface area contributed by atoms with Gasteiger partial charge in [0, 0.05) is 17.5 Å². The highest BCUT2D eigenvalue weighted by molar-refractivity contribution is 8.02. The number of hydrogen-bond acceptors (Lipinski definition) is 5. The van der Waals surface area contributed by atoms with Crippen molar-refractivity contribution in [1.29, 1.82) is 0 Å². The minimum Gasteiger partial charge on any atom is -0.394 e. The molecule has 1 spiro atoms. The summed E-state index contributed by atoms with van der Waals surface area (Å²) in [4.78, 5) is 43.3. The number of nitrogens with zero attached hydrogens (tertiary/aromatic N) is 1. The number of aliphatic hydroxyl groups is 1. The summed E-state index contributed by atoms with van der Waals surface area (Å²) in [5.74, 6) is -1.62. The van der Waals surface area contributed by atoms with Crippen LogP contribution < -0.4 is 10.6 Å². The number of carbonyl (C=O) groups excluding carboxylic acids is 3. The predicted octanol–water partition coefficient (Wildman–Crippen LogP) is 3.63. The van der Waals surface area contributed by atoms with Crippen molar-refractivity contribution in [1.82, 2.24) is 10.2 Å². The number of amides is 3. The van der Waals surface area contributed by atoms with Crippen LogP contribution in [0.2, 0.25) is 0 Å². The van der Waals surface area contributed by atoms with Gasteiger partial charge in [-0.2, -0.15) is 0 Å². The van der Waals surface area contributed by atoms with Gasteiger partial charge in [-0.3, -0.25) is 14.4 Å². The molecule has 0 aromatic heterocycles. The molecule has 2 aromatic rings. The molecule has 3 heterocycles. The van der Waals surface area contributed by atoms with Gasteiger partial charge >= 0.3 is 0 Å². The molecular formula is C30H37N3O4S. The number of benzene rings is 2. The summed E-state index contributed by atoms with van der Waals surface area (Å²) in [6, 6.07) is 17.8. The van der Waals surface area contributed by atoms with Gasteiger partial charge in [-0.25, -0.2) is 0 Å². The minimum absolute atomic E-state index is 0.00750. The Balaban J connectivity index is 1.47. The van der Waals surface area contributed by atoms with E-state index in [1.807, 2.05) is 60.7 Å². The second-order valence-corrected chi connectivity index (χ2v) is 12.3. The van der Waals surface area contributed by atoms with Crippen molar-refractivity contribution >= 4 is 35.2 Å². The van der Waals surface area contributed by atoms with E-state index in [1.54, 1.807) is 16.7 Å². The fourth-order valence-electron chi connectivity index (χ4n) is 6.65. The summed E-state index contributed by atoms with van der Waals surface area (Å²) in [6.07, 6.45) is 4.89. The van der Waals surface area contributed by atoms with Gasteiger partial charge in [0.25, 0.3) is 0 Å². The lowest BCUT2D eigenvalue weighted by Crippen LogP contribution is -2.57. The quantitative estimate of drug-likeness (QED) is 0.382. The van der Waals surface area contributed by atoms with Gasteiger partial charge in [-0.1, -0.05) is 68.3 Å². The minimum atomic E-state index is -0.716. The number of para-hydroxylation sites is 1. The lowest BCUT2D eigenvalue weighted by molar-refractivity contribution is -0.142. The molecule has 5 rings (SSSR count). The van der Waals surface area contributed by atoms with Crippen molar-refractivity contribution in [3.8, 4) is 0 Å². The summed E-state index contributed by atoms with van der Waals surface area (Å²) in [7, 11) is 0. The molecular weight excluding hydrogens is 498 g/mol. The van der Waals surface area contributed by atoms with E-state index in [-0.39, 0.29) is 29.6 Å². The first-order valence-corrected chi connectivity index (χ1v) is 14.7. The largest absolute Gasteiger partial charge is 0.394 e. The van der Waals surface area contributed by atoms with E-state index in [0.717, 1.165) is 31.2 Å². The van der Waals surface area contributed by atoms with Crippen molar-refractivity contribution in [3.05, 3.63) is 66.2 Å². The predicted molar refractivity (Wildman–Crippen MR) is 150 cm³/mol. The normalized spacial score (nSPS) is 28.3. The average Bonchev–Trinajstić information content (AvgIpc) is 3.58. The van der Waals surface area contributed by atoms with Crippen LogP contribution >= 0.6 is 11.8 Å². The molecule has 2 aromatic carbocycles. The van der Waals surface area contributed by atoms with Crippen molar-refractivity contribution in [2.24, 2.45) is 11.8 Å². The Morgan fingerprint density at radius 3 is 2.47 bits per heavy atom. The van der Waals surface area contributed by atoms with Crippen LogP contribution in [0.15, 0.2) is 60.7 Å². The van der Waals surface area contributed by atoms with Gasteiger partial charge in [0.2, 0.25) is 17.7 Å². The Morgan fingerprint density at radius 1 is 1.08 bits per heavy atom. The van der Waals surface area contributed by atoms with Crippen LogP contribution in [0.1, 0.15) is 44.6 Å². The number of thioether (sulfide) groups is 1. The molecule has 8 heteroatoms. The van der Waals surface area contributed by atoms with Crippen LogP contribution in [0.4, 0.5) is 5.69 Å². The van der Waals surface area contributed by atoms with Crippen LogP contribution in [0.3, 0.4) is 0 Å². The molecule has 38 heavy (non-hydrogen) atoms. The van der Waals surface area contributed by atoms with Gasteiger partial charge < -0.3 is 20.6 Å². The number of nitrogens with one attached hydrogen (secondary N) is 2. The second-order valence-electron chi connectivity index (χ2n) is 10.7. The summed E-state index contributed by atoms with van der Waals surface area (Å²) >= 11 is 1.65. The van der Waals surface area contributed by atoms with Crippen LogP contribution in [0.5, 0.6) is 0 Å². The van der Waals surface area contributed by atoms with Crippen molar-refractivity contribution in [2.45, 2.75) is 67.5 Å². The molecule has 3 amide bonds. The number of anilines is 1. The summed E-state index contributed by atoms with van der Waals surface area (Å²) < 4.78 is -0.667. The Bertz CT molecular complexity index is 1150. The number of rotatable bonds is 11. The Labute approximate surface area is 228 Å². The van der Waals surface area contributed by atoms with Crippen molar-refractivity contribution in [2.75, 3.05) is 18.5 Å². The molecule has 3 aliphatic rings. The maximum Gasteiger partial charge on any atom is 0.244 e. The number of likely N-dealkylation sites (tertiary alicyclic amines) is 1. The molecule has 3 N–H and O–H groups in total. The van der Waals surface area contributed by atoms with E-state index >= 15 is 0 Å². The van der Waals surface area contributed by atoms with Crippen LogP contribution in [0, 0.1) is 11.8 Å². The van der Waals surface area contributed by atoms with Gasteiger partial charge in [-0.15, -0.1) is 11.8 Å². The maximum atomic E-state index is 14.3. The van der Waals surface area contributed by atoms with Crippen LogP contribution in [-0.2, 0) is 20.8 Å². The molecule has 2 unspecified atom stereocenters. The summed E-state index contributed by atoms with van der Waals surface area (Å²) in [5.41, 5.74) is 1.69. The molecule has 202 valence electrons. The van der Waals surface area contributed by atoms with E-state index < -0.39 is 28.7 Å². The molecule has 0 aliphatic carbocycles. The Kier molecular flexibility index (Phi) is 8.09. The highest BCUT2D eigenvalue weighted by Gasteiger charge is 2.74. The second kappa shape index (κ2) is 11.5. The number of aliphatic hydroxyl groups excluding tert-OH is 1. The molecule has 7 nitrogen and oxygen atoms in total. The van der Waals surface area contributed by atoms with Crippen molar-refractivity contribution in [3.63, 3.8) is 0 Å². The first-order valence-electron chi connectivity index (χ1n) is 13.8. The number of unbranched alkanes of at least 4 members (excludes halogenated alkanes) is 2. The van der Waals surface area contributed by atoms with Gasteiger partial charge in [0.15, 0.2) is 0 Å². The van der Waals surface area contributed by atoms with Gasteiger partial charge in [-0.05, 0) is 43.4 Å². The van der Waals surface area contributed by atoms with Crippen LogP contribution in [-0.4, -0.2) is 63.0 Å². The monoisotopic (exact) mass is 535 g/mol. The molecule has 0 saturated carbocycles. The molecule has 2 bridgehead atoms. The summed E-state index contributed by atoms with van der Waals surface area (Å²) in [5, 5.41) is 16.6. The average molecular weight is 536 g/mol. The van der Waals surface area contributed by atoms with E-state index in [1.165, 1.54) is 0 Å². The fourth-order valence-corrected chi connectivity index (χ4v) is 8.86. The molecule has 3 aliphatic heterocycles. The number of hydrogen-bond donors (Lipinski definition) is 3. The van der Waals surface area contributed by atoms with Crippen LogP contribution in [0.25, 0.3) is 0 Å². The van der Waals surface area contributed by atoms with E-state index in [0.29, 0.717) is 25.1 Å². The van der Waals surface area contributed by atoms with E-state index in [9.17, 15) is 19.5 Å². The highest BCUT2D eigenvalue weighted by atomic mass is 32.2. The third-order valence-electron chi connectivity index (χ3n) is 8.33. The number of fused-ring (bicyclic) bond motifs is 1. The highest BCUT2D eigenvalue weighted by Crippen LogP contribution is 2.66. The zero-order chi connectivity index (χ0) is 26.7. The molecule has 3 saturated heterocycles. The van der Waals surface area contributed by atoms with E-state index in [4.69, 9.17) is 0 Å². The topological polar surface area (TPSA) is 98.7 Å². The lowest BCUT2D eigenvalue weighted by Gasteiger charge is -2.37. The van der Waals surface area contributed by atoms with E-state index in [2.05, 4.69) is 17.6 Å². The smallest absolute Gasteiger partial charge is 0.244 e. The Hall–Kier alpha value is -2.84. The van der Waals surface area contributed by atoms with Crippen molar-refractivity contribution < 1.29 is 19.5 Å².